The predicted octanol–water partition coefficient (Wildman–Crippen LogP) is 4.21. The second-order valence-electron chi connectivity index (χ2n) is 5.74. The average molecular weight is 452 g/mol. The van der Waals surface area contributed by atoms with Gasteiger partial charge in [-0.2, -0.15) is 0 Å². The summed E-state index contributed by atoms with van der Waals surface area (Å²) in [5.41, 5.74) is 1.55. The molecule has 1 heterocycles. The highest BCUT2D eigenvalue weighted by molar-refractivity contribution is 9.10. The third kappa shape index (κ3) is 4.09. The van der Waals surface area contributed by atoms with Crippen molar-refractivity contribution in [3.63, 3.8) is 0 Å². The molecule has 140 valence electrons. The van der Waals surface area contributed by atoms with Crippen molar-refractivity contribution in [3.05, 3.63) is 62.7 Å². The van der Waals surface area contributed by atoms with E-state index in [0.29, 0.717) is 22.1 Å². The van der Waals surface area contributed by atoms with Crippen molar-refractivity contribution < 1.29 is 19.1 Å². The lowest BCUT2D eigenvalue weighted by Gasteiger charge is -2.12. The zero-order valence-corrected chi connectivity index (χ0v) is 16.9. The van der Waals surface area contributed by atoms with Gasteiger partial charge in [0.2, 0.25) is 0 Å². The number of carbonyl (C=O) groups excluding carboxylic acids is 2. The molecule has 8 heteroatoms. The maximum Gasteiger partial charge on any atom is 0.329 e. The van der Waals surface area contributed by atoms with Gasteiger partial charge in [0, 0.05) is 15.1 Å². The monoisotopic (exact) mass is 450 g/mol. The number of halogens is 2. The highest BCUT2D eigenvalue weighted by atomic mass is 79.9. The van der Waals surface area contributed by atoms with Crippen LogP contribution in [-0.2, 0) is 11.3 Å². The van der Waals surface area contributed by atoms with Crippen LogP contribution in [-0.4, -0.2) is 31.1 Å². The van der Waals surface area contributed by atoms with Crippen LogP contribution >= 0.6 is 27.5 Å². The Labute approximate surface area is 169 Å². The number of methoxy groups -OCH3 is 2. The summed E-state index contributed by atoms with van der Waals surface area (Å²) in [6, 6.07) is 10.0. The molecule has 1 N–H and O–H groups in total. The minimum absolute atomic E-state index is 0.151. The van der Waals surface area contributed by atoms with Crippen molar-refractivity contribution in [3.8, 4) is 11.5 Å². The Kier molecular flexibility index (Phi) is 5.72. The first-order chi connectivity index (χ1) is 12.9. The molecule has 1 aliphatic rings. The van der Waals surface area contributed by atoms with Crippen LogP contribution < -0.4 is 14.8 Å². The SMILES string of the molecule is COc1cc(Br)cc(C=C2NC(=O)N(Cc3ccc(Cl)cc3)C2=O)c1OC. The number of rotatable bonds is 5. The molecule has 0 saturated carbocycles. The number of urea groups is 1. The molecule has 0 radical (unpaired) electrons. The van der Waals surface area contributed by atoms with Crippen LogP contribution in [0.4, 0.5) is 4.79 Å². The molecule has 1 fully saturated rings. The van der Waals surface area contributed by atoms with E-state index in [2.05, 4.69) is 21.2 Å². The van der Waals surface area contributed by atoms with E-state index in [1.165, 1.54) is 14.2 Å². The zero-order chi connectivity index (χ0) is 19.6. The number of amides is 3. The van der Waals surface area contributed by atoms with E-state index in [9.17, 15) is 9.59 Å². The fourth-order valence-corrected chi connectivity index (χ4v) is 3.29. The van der Waals surface area contributed by atoms with Gasteiger partial charge in [0.25, 0.3) is 5.91 Å². The molecule has 1 aliphatic heterocycles. The van der Waals surface area contributed by atoms with Crippen molar-refractivity contribution in [2.45, 2.75) is 6.54 Å². The van der Waals surface area contributed by atoms with E-state index in [1.807, 2.05) is 0 Å². The van der Waals surface area contributed by atoms with Crippen LogP contribution in [0.3, 0.4) is 0 Å². The van der Waals surface area contributed by atoms with E-state index >= 15 is 0 Å². The highest BCUT2D eigenvalue weighted by Gasteiger charge is 2.33. The van der Waals surface area contributed by atoms with Crippen molar-refractivity contribution in [2.75, 3.05) is 14.2 Å². The maximum absolute atomic E-state index is 12.7. The van der Waals surface area contributed by atoms with Crippen molar-refractivity contribution in [1.29, 1.82) is 0 Å². The van der Waals surface area contributed by atoms with E-state index in [-0.39, 0.29) is 12.2 Å². The Morgan fingerprint density at radius 1 is 1.15 bits per heavy atom. The first-order valence-electron chi connectivity index (χ1n) is 7.93. The van der Waals surface area contributed by atoms with Crippen molar-refractivity contribution >= 4 is 45.5 Å². The number of hydrogen-bond donors (Lipinski definition) is 1. The van der Waals surface area contributed by atoms with E-state index in [4.69, 9.17) is 21.1 Å². The van der Waals surface area contributed by atoms with E-state index < -0.39 is 11.9 Å². The molecular weight excluding hydrogens is 436 g/mol. The summed E-state index contributed by atoms with van der Waals surface area (Å²) in [4.78, 5) is 26.1. The summed E-state index contributed by atoms with van der Waals surface area (Å²) in [6.07, 6.45) is 1.56. The largest absolute Gasteiger partial charge is 0.493 e. The smallest absolute Gasteiger partial charge is 0.329 e. The van der Waals surface area contributed by atoms with E-state index in [1.54, 1.807) is 42.5 Å². The van der Waals surface area contributed by atoms with Gasteiger partial charge in [0.1, 0.15) is 5.70 Å². The third-order valence-corrected chi connectivity index (χ3v) is 4.70. The summed E-state index contributed by atoms with van der Waals surface area (Å²) in [6.45, 7) is 0.151. The first kappa shape index (κ1) is 19.3. The molecule has 0 unspecified atom stereocenters. The Bertz CT molecular complexity index is 928. The number of ether oxygens (including phenoxy) is 2. The van der Waals surface area contributed by atoms with Gasteiger partial charge < -0.3 is 14.8 Å². The molecular formula is C19H16BrClN2O4. The Balaban J connectivity index is 1.90. The molecule has 27 heavy (non-hydrogen) atoms. The predicted molar refractivity (Wildman–Crippen MR) is 106 cm³/mol. The normalized spacial score (nSPS) is 15.3. The summed E-state index contributed by atoms with van der Waals surface area (Å²) >= 11 is 9.27. The molecule has 1 saturated heterocycles. The number of carbonyl (C=O) groups is 2. The number of nitrogens with one attached hydrogen (secondary N) is 1. The number of hydrogen-bond acceptors (Lipinski definition) is 4. The molecule has 0 aromatic heterocycles. The third-order valence-electron chi connectivity index (χ3n) is 3.99. The van der Waals surface area contributed by atoms with Crippen LogP contribution in [0.5, 0.6) is 11.5 Å². The average Bonchev–Trinajstić information content (AvgIpc) is 2.90. The maximum atomic E-state index is 12.7. The summed E-state index contributed by atoms with van der Waals surface area (Å²) in [7, 11) is 3.03. The van der Waals surface area contributed by atoms with Crippen molar-refractivity contribution in [2.24, 2.45) is 0 Å². The molecule has 3 amide bonds. The van der Waals surface area contributed by atoms with Crippen LogP contribution in [0.15, 0.2) is 46.6 Å². The summed E-state index contributed by atoms with van der Waals surface area (Å²) < 4.78 is 11.4. The lowest BCUT2D eigenvalue weighted by Crippen LogP contribution is -2.30. The Morgan fingerprint density at radius 2 is 1.85 bits per heavy atom. The number of imide groups is 1. The van der Waals surface area contributed by atoms with Crippen LogP contribution in [0.25, 0.3) is 6.08 Å². The first-order valence-corrected chi connectivity index (χ1v) is 9.10. The quantitative estimate of drug-likeness (QED) is 0.546. The zero-order valence-electron chi connectivity index (χ0n) is 14.6. The molecule has 2 aromatic carbocycles. The minimum Gasteiger partial charge on any atom is -0.493 e. The summed E-state index contributed by atoms with van der Waals surface area (Å²) in [5, 5.41) is 3.19. The molecule has 0 aliphatic carbocycles. The second kappa shape index (κ2) is 8.02. The van der Waals surface area contributed by atoms with Gasteiger partial charge in [-0.15, -0.1) is 0 Å². The van der Waals surface area contributed by atoms with Gasteiger partial charge in [-0.3, -0.25) is 9.69 Å². The minimum atomic E-state index is -0.484. The van der Waals surface area contributed by atoms with Gasteiger partial charge in [-0.25, -0.2) is 4.79 Å². The number of benzene rings is 2. The van der Waals surface area contributed by atoms with Crippen LogP contribution in [0.2, 0.25) is 5.02 Å². The Hall–Kier alpha value is -2.51. The molecule has 3 rings (SSSR count). The van der Waals surface area contributed by atoms with Gasteiger partial charge in [0.05, 0.1) is 20.8 Å². The lowest BCUT2D eigenvalue weighted by molar-refractivity contribution is -0.123. The van der Waals surface area contributed by atoms with Crippen LogP contribution in [0, 0.1) is 0 Å². The molecule has 6 nitrogen and oxygen atoms in total. The molecule has 0 spiro atoms. The lowest BCUT2D eigenvalue weighted by atomic mass is 10.1. The fourth-order valence-electron chi connectivity index (χ4n) is 2.71. The fraction of sp³-hybridized carbons (Fsp3) is 0.158. The van der Waals surface area contributed by atoms with E-state index in [0.717, 1.165) is 14.9 Å². The van der Waals surface area contributed by atoms with Gasteiger partial charge >= 0.3 is 6.03 Å². The number of nitrogens with zero attached hydrogens (tertiary/aromatic N) is 1. The van der Waals surface area contributed by atoms with Crippen molar-refractivity contribution in [1.82, 2.24) is 10.2 Å². The second-order valence-corrected chi connectivity index (χ2v) is 7.09. The van der Waals surface area contributed by atoms with Gasteiger partial charge in [-0.05, 0) is 35.9 Å². The van der Waals surface area contributed by atoms with Gasteiger partial charge in [0.15, 0.2) is 11.5 Å². The molecule has 0 bridgehead atoms. The standard InChI is InChI=1S/C19H16BrClN2O4/c1-26-16-9-13(20)7-12(17(16)27-2)8-15-18(24)23(19(25)22-15)10-11-3-5-14(21)6-4-11/h3-9H,10H2,1-2H3,(H,22,25). The highest BCUT2D eigenvalue weighted by Crippen LogP contribution is 2.36. The summed E-state index contributed by atoms with van der Waals surface area (Å²) in [5.74, 6) is 0.552. The van der Waals surface area contributed by atoms with Gasteiger partial charge in [-0.1, -0.05) is 39.7 Å². The molecule has 2 aromatic rings. The van der Waals surface area contributed by atoms with Crippen LogP contribution in [0.1, 0.15) is 11.1 Å². The Morgan fingerprint density at radius 3 is 2.48 bits per heavy atom. The molecule has 0 atom stereocenters. The topological polar surface area (TPSA) is 67.9 Å².